The van der Waals surface area contributed by atoms with Gasteiger partial charge in [-0.3, -0.25) is 9.59 Å². The molecule has 0 radical (unpaired) electrons. The van der Waals surface area contributed by atoms with Crippen LogP contribution in [0.4, 0.5) is 14.9 Å². The van der Waals surface area contributed by atoms with Crippen LogP contribution in [0, 0.1) is 11.7 Å². The van der Waals surface area contributed by atoms with E-state index in [4.69, 9.17) is 10.5 Å². The number of carbonyl (C=O) groups is 3. The van der Waals surface area contributed by atoms with Crippen LogP contribution in [-0.4, -0.2) is 43.5 Å². The number of ether oxygens (including phenoxy) is 1. The number of nitrogens with two attached hydrogens (primary N) is 1. The molecule has 3 unspecified atom stereocenters. The number of anilines is 1. The van der Waals surface area contributed by atoms with Gasteiger partial charge in [-0.05, 0) is 24.6 Å². The lowest BCUT2D eigenvalue weighted by Crippen LogP contribution is -2.49. The molecule has 2 amide bonds. The Kier molecular flexibility index (Phi) is 4.14. The van der Waals surface area contributed by atoms with Gasteiger partial charge in [-0.1, -0.05) is 13.0 Å². The molecule has 0 spiro atoms. The fraction of sp³-hybridized carbons (Fsp3) is 0.471. The summed E-state index contributed by atoms with van der Waals surface area (Å²) >= 11 is 0. The number of Topliss-reactive ketones (excluding diaryl/α,β-unsaturated/α-hetero) is 1. The largest absolute Gasteiger partial charge is 0.443 e. The third kappa shape index (κ3) is 2.81. The number of carbonyl (C=O) groups excluding carboxylic acids is 3. The molecular weight excluding hydrogens is 329 g/mol. The van der Waals surface area contributed by atoms with Crippen LogP contribution in [0.3, 0.4) is 0 Å². The molecule has 25 heavy (non-hydrogen) atoms. The molecule has 7 nitrogen and oxygen atoms in total. The van der Waals surface area contributed by atoms with Crippen molar-refractivity contribution in [1.82, 2.24) is 5.32 Å². The third-order valence-corrected chi connectivity index (χ3v) is 5.12. The summed E-state index contributed by atoms with van der Waals surface area (Å²) in [5.74, 6) is -1.34. The summed E-state index contributed by atoms with van der Waals surface area (Å²) in [6, 6.07) is 4.34. The van der Waals surface area contributed by atoms with E-state index in [1.165, 1.54) is 19.1 Å². The fourth-order valence-electron chi connectivity index (χ4n) is 3.31. The minimum Gasteiger partial charge on any atom is -0.443 e. The molecule has 0 saturated carbocycles. The summed E-state index contributed by atoms with van der Waals surface area (Å²) in [5.41, 5.74) is 4.79. The van der Waals surface area contributed by atoms with E-state index in [2.05, 4.69) is 5.32 Å². The first kappa shape index (κ1) is 17.2. The number of benzene rings is 1. The van der Waals surface area contributed by atoms with Gasteiger partial charge in [0.15, 0.2) is 5.78 Å². The minimum absolute atomic E-state index is 0.0643. The topological polar surface area (TPSA) is 102 Å². The molecule has 3 atom stereocenters. The quantitative estimate of drug-likeness (QED) is 0.833. The minimum atomic E-state index is -1.37. The lowest BCUT2D eigenvalue weighted by Gasteiger charge is -2.31. The highest BCUT2D eigenvalue weighted by atomic mass is 19.1. The van der Waals surface area contributed by atoms with E-state index in [0.29, 0.717) is 17.8 Å². The summed E-state index contributed by atoms with van der Waals surface area (Å²) in [7, 11) is 0. The van der Waals surface area contributed by atoms with E-state index < -0.39 is 29.3 Å². The van der Waals surface area contributed by atoms with Crippen LogP contribution in [-0.2, 0) is 19.7 Å². The van der Waals surface area contributed by atoms with Crippen molar-refractivity contribution in [3.05, 3.63) is 29.6 Å². The average molecular weight is 349 g/mol. The van der Waals surface area contributed by atoms with Crippen molar-refractivity contribution in [3.8, 4) is 0 Å². The predicted octanol–water partition coefficient (Wildman–Crippen LogP) is 0.702. The molecule has 0 bridgehead atoms. The Morgan fingerprint density at radius 2 is 2.16 bits per heavy atom. The van der Waals surface area contributed by atoms with Gasteiger partial charge < -0.3 is 20.7 Å². The predicted molar refractivity (Wildman–Crippen MR) is 87.6 cm³/mol. The van der Waals surface area contributed by atoms with Crippen LogP contribution < -0.4 is 16.0 Å². The van der Waals surface area contributed by atoms with Gasteiger partial charge in [-0.2, -0.15) is 0 Å². The zero-order chi connectivity index (χ0) is 18.4. The molecule has 2 aliphatic rings. The standard InChI is InChI=1S/C17H20FN3O4/c1-9-7-21(8-13(9)22)12-4-3-10(5-11(12)18)17(2,15(19)23)14-6-20-16(24)25-14/h3-5,9,14H,6-8H2,1-2H3,(H2,19,23)(H,20,24). The molecule has 2 heterocycles. The maximum absolute atomic E-state index is 14.7. The number of ketones is 1. The zero-order valence-electron chi connectivity index (χ0n) is 14.0. The first-order valence-electron chi connectivity index (χ1n) is 8.05. The molecule has 3 rings (SSSR count). The van der Waals surface area contributed by atoms with Gasteiger partial charge in [0.1, 0.15) is 17.3 Å². The first-order valence-corrected chi connectivity index (χ1v) is 8.05. The Morgan fingerprint density at radius 1 is 1.44 bits per heavy atom. The molecule has 0 aliphatic carbocycles. The second-order valence-electron chi connectivity index (χ2n) is 6.76. The van der Waals surface area contributed by atoms with Crippen molar-refractivity contribution in [2.45, 2.75) is 25.4 Å². The molecule has 1 aromatic carbocycles. The molecule has 2 aliphatic heterocycles. The number of nitrogens with one attached hydrogen (secondary N) is 1. The lowest BCUT2D eigenvalue weighted by molar-refractivity contribution is -0.126. The van der Waals surface area contributed by atoms with Gasteiger partial charge in [-0.15, -0.1) is 0 Å². The van der Waals surface area contributed by atoms with E-state index in [9.17, 15) is 18.8 Å². The highest BCUT2D eigenvalue weighted by Gasteiger charge is 2.47. The zero-order valence-corrected chi connectivity index (χ0v) is 14.0. The molecule has 8 heteroatoms. The monoisotopic (exact) mass is 349 g/mol. The Morgan fingerprint density at radius 3 is 2.64 bits per heavy atom. The number of rotatable bonds is 4. The molecule has 3 N–H and O–H groups in total. The van der Waals surface area contributed by atoms with Gasteiger partial charge in [0.05, 0.1) is 18.8 Å². The average Bonchev–Trinajstić information content (AvgIpc) is 3.12. The second-order valence-corrected chi connectivity index (χ2v) is 6.76. The summed E-state index contributed by atoms with van der Waals surface area (Å²) < 4.78 is 19.8. The van der Waals surface area contributed by atoms with Crippen molar-refractivity contribution in [2.75, 3.05) is 24.5 Å². The van der Waals surface area contributed by atoms with E-state index in [0.717, 1.165) is 0 Å². The first-order chi connectivity index (χ1) is 11.7. The van der Waals surface area contributed by atoms with Crippen molar-refractivity contribution in [1.29, 1.82) is 0 Å². The maximum atomic E-state index is 14.7. The van der Waals surface area contributed by atoms with Gasteiger partial charge in [-0.25, -0.2) is 9.18 Å². The van der Waals surface area contributed by atoms with Crippen LogP contribution in [0.2, 0.25) is 0 Å². The Bertz CT molecular complexity index is 753. The maximum Gasteiger partial charge on any atom is 0.407 e. The number of cyclic esters (lactones) is 1. The number of amides is 2. The van der Waals surface area contributed by atoms with Gasteiger partial charge in [0.25, 0.3) is 0 Å². The number of hydrogen-bond donors (Lipinski definition) is 2. The second kappa shape index (κ2) is 6.02. The van der Waals surface area contributed by atoms with Crippen LogP contribution in [0.5, 0.6) is 0 Å². The van der Waals surface area contributed by atoms with Crippen LogP contribution in [0.25, 0.3) is 0 Å². The van der Waals surface area contributed by atoms with Gasteiger partial charge >= 0.3 is 6.09 Å². The van der Waals surface area contributed by atoms with Gasteiger partial charge in [0.2, 0.25) is 5.91 Å². The van der Waals surface area contributed by atoms with E-state index >= 15 is 0 Å². The van der Waals surface area contributed by atoms with E-state index in [1.807, 2.05) is 0 Å². The van der Waals surface area contributed by atoms with E-state index in [-0.39, 0.29) is 24.8 Å². The highest BCUT2D eigenvalue weighted by Crippen LogP contribution is 2.34. The number of alkyl carbamates (subject to hydrolysis) is 1. The third-order valence-electron chi connectivity index (χ3n) is 5.12. The van der Waals surface area contributed by atoms with Crippen molar-refractivity contribution in [2.24, 2.45) is 11.7 Å². The SMILES string of the molecule is CC1CN(c2ccc(C(C)(C(N)=O)C3CNC(=O)O3)cc2F)CC1=O. The molecule has 1 aromatic rings. The number of hydrogen-bond acceptors (Lipinski definition) is 5. The smallest absolute Gasteiger partial charge is 0.407 e. The molecule has 0 aromatic heterocycles. The normalized spacial score (nSPS) is 25.5. The molecule has 2 fully saturated rings. The highest BCUT2D eigenvalue weighted by molar-refractivity contribution is 5.90. The number of primary amides is 1. The van der Waals surface area contributed by atoms with Crippen LogP contribution in [0.1, 0.15) is 19.4 Å². The Balaban J connectivity index is 1.94. The Labute approximate surface area is 144 Å². The molecule has 2 saturated heterocycles. The lowest BCUT2D eigenvalue weighted by atomic mass is 9.76. The van der Waals surface area contributed by atoms with Gasteiger partial charge in [0, 0.05) is 12.5 Å². The van der Waals surface area contributed by atoms with Crippen molar-refractivity contribution < 1.29 is 23.5 Å². The summed E-state index contributed by atoms with van der Waals surface area (Å²) in [6.07, 6.45) is -1.46. The number of halogens is 1. The summed E-state index contributed by atoms with van der Waals surface area (Å²) in [6.45, 7) is 4.05. The van der Waals surface area contributed by atoms with Crippen molar-refractivity contribution in [3.63, 3.8) is 0 Å². The molecular formula is C17H20FN3O4. The summed E-state index contributed by atoms with van der Waals surface area (Å²) in [4.78, 5) is 36.8. The molecule has 134 valence electrons. The summed E-state index contributed by atoms with van der Waals surface area (Å²) in [5, 5.41) is 2.47. The van der Waals surface area contributed by atoms with Crippen LogP contribution in [0.15, 0.2) is 18.2 Å². The van der Waals surface area contributed by atoms with Crippen molar-refractivity contribution >= 4 is 23.5 Å². The van der Waals surface area contributed by atoms with E-state index in [1.54, 1.807) is 17.9 Å². The van der Waals surface area contributed by atoms with Crippen LogP contribution >= 0.6 is 0 Å². The fourth-order valence-corrected chi connectivity index (χ4v) is 3.31. The number of nitrogens with zero attached hydrogens (tertiary/aromatic N) is 1. The Hall–Kier alpha value is -2.64.